The quantitative estimate of drug-likeness (QED) is 0.872. The maximum Gasteiger partial charge on any atom is 0.344 e. The van der Waals surface area contributed by atoms with Gasteiger partial charge in [-0.15, -0.1) is 0 Å². The molecule has 122 valence electrons. The molecule has 2 rings (SSSR count). The minimum absolute atomic E-state index is 0.409. The minimum atomic E-state index is -1.19. The van der Waals surface area contributed by atoms with Crippen LogP contribution in [0.15, 0.2) is 30.3 Å². The van der Waals surface area contributed by atoms with Gasteiger partial charge in [-0.3, -0.25) is 0 Å². The Morgan fingerprint density at radius 1 is 1.27 bits per heavy atom. The monoisotopic (exact) mass is 306 g/mol. The smallest absolute Gasteiger partial charge is 0.344 e. The van der Waals surface area contributed by atoms with E-state index in [0.29, 0.717) is 0 Å². The first-order valence-corrected chi connectivity index (χ1v) is 7.67. The van der Waals surface area contributed by atoms with Crippen LogP contribution >= 0.6 is 0 Å². The van der Waals surface area contributed by atoms with E-state index in [4.69, 9.17) is 9.47 Å². The lowest BCUT2D eigenvalue weighted by molar-refractivity contribution is -0.331. The van der Waals surface area contributed by atoms with Gasteiger partial charge in [0.1, 0.15) is 5.60 Å². The fraction of sp³-hybridized carbons (Fsp3) is 0.611. The van der Waals surface area contributed by atoms with E-state index in [2.05, 4.69) is 0 Å². The van der Waals surface area contributed by atoms with Crippen LogP contribution in [0.2, 0.25) is 0 Å². The zero-order chi connectivity index (χ0) is 16.8. The number of carbonyl (C=O) groups excluding carboxylic acids is 1. The van der Waals surface area contributed by atoms with E-state index in [9.17, 15) is 9.90 Å². The Kier molecular flexibility index (Phi) is 4.13. The summed E-state index contributed by atoms with van der Waals surface area (Å²) in [6.07, 6.45) is -1.07. The summed E-state index contributed by atoms with van der Waals surface area (Å²) < 4.78 is 11.6. The summed E-state index contributed by atoms with van der Waals surface area (Å²) in [4.78, 5) is 12.9. The predicted octanol–water partition coefficient (Wildman–Crippen LogP) is 3.03. The minimum Gasteiger partial charge on any atom is -0.458 e. The number of carbonyl (C=O) groups is 1. The van der Waals surface area contributed by atoms with Gasteiger partial charge in [-0.05, 0) is 33.3 Å². The van der Waals surface area contributed by atoms with Crippen molar-refractivity contribution in [2.75, 3.05) is 0 Å². The third kappa shape index (κ3) is 2.55. The van der Waals surface area contributed by atoms with Crippen LogP contribution in [0.4, 0.5) is 0 Å². The second kappa shape index (κ2) is 5.36. The summed E-state index contributed by atoms with van der Waals surface area (Å²) in [5, 5.41) is 9.92. The molecule has 1 aromatic carbocycles. The number of benzene rings is 1. The topological polar surface area (TPSA) is 55.8 Å². The molecule has 4 nitrogen and oxygen atoms in total. The molecule has 0 aromatic heterocycles. The number of hydrogen-bond donors (Lipinski definition) is 1. The van der Waals surface area contributed by atoms with Crippen LogP contribution in [0.5, 0.6) is 0 Å². The van der Waals surface area contributed by atoms with Crippen LogP contribution in [-0.2, 0) is 19.9 Å². The molecule has 1 N–H and O–H groups in total. The zero-order valence-corrected chi connectivity index (χ0v) is 14.2. The molecule has 0 aliphatic carbocycles. The lowest BCUT2D eigenvalue weighted by Crippen LogP contribution is -2.71. The number of aliphatic hydroxyl groups is 1. The van der Waals surface area contributed by atoms with Gasteiger partial charge >= 0.3 is 5.97 Å². The van der Waals surface area contributed by atoms with Crippen LogP contribution in [0.1, 0.15) is 47.1 Å². The summed E-state index contributed by atoms with van der Waals surface area (Å²) in [7, 11) is 0. The van der Waals surface area contributed by atoms with Crippen molar-refractivity contribution < 1.29 is 19.4 Å². The van der Waals surface area contributed by atoms with E-state index in [1.165, 1.54) is 0 Å². The predicted molar refractivity (Wildman–Crippen MR) is 84.3 cm³/mol. The molecule has 1 unspecified atom stereocenters. The number of esters is 1. The molecule has 0 spiro atoms. The highest BCUT2D eigenvalue weighted by Gasteiger charge is 2.69. The third-order valence-corrected chi connectivity index (χ3v) is 4.23. The van der Waals surface area contributed by atoms with E-state index in [1.807, 2.05) is 65.0 Å². The number of hydrogen-bond acceptors (Lipinski definition) is 4. The van der Waals surface area contributed by atoms with Crippen LogP contribution in [0, 0.1) is 5.41 Å². The van der Waals surface area contributed by atoms with E-state index in [-0.39, 0.29) is 0 Å². The van der Waals surface area contributed by atoms with Gasteiger partial charge < -0.3 is 14.6 Å². The Labute approximate surface area is 132 Å². The van der Waals surface area contributed by atoms with E-state index in [0.717, 1.165) is 5.56 Å². The summed E-state index contributed by atoms with van der Waals surface area (Å²) >= 11 is 0. The Morgan fingerprint density at radius 2 is 1.82 bits per heavy atom. The summed E-state index contributed by atoms with van der Waals surface area (Å²) in [5.41, 5.74) is -1.62. The van der Waals surface area contributed by atoms with Crippen molar-refractivity contribution in [3.63, 3.8) is 0 Å². The van der Waals surface area contributed by atoms with Crippen molar-refractivity contribution in [1.29, 1.82) is 0 Å². The highest BCUT2D eigenvalue weighted by molar-refractivity contribution is 5.84. The van der Waals surface area contributed by atoms with Gasteiger partial charge in [0.05, 0.1) is 12.2 Å². The molecule has 3 atom stereocenters. The fourth-order valence-corrected chi connectivity index (χ4v) is 3.23. The maximum atomic E-state index is 12.9. The van der Waals surface area contributed by atoms with Gasteiger partial charge in [0.15, 0.2) is 5.60 Å². The van der Waals surface area contributed by atoms with E-state index >= 15 is 0 Å². The summed E-state index contributed by atoms with van der Waals surface area (Å²) in [6, 6.07) is 9.37. The largest absolute Gasteiger partial charge is 0.458 e. The highest BCUT2D eigenvalue weighted by atomic mass is 16.6. The average molecular weight is 306 g/mol. The van der Waals surface area contributed by atoms with E-state index < -0.39 is 34.8 Å². The van der Waals surface area contributed by atoms with Crippen LogP contribution < -0.4 is 0 Å². The molecule has 1 aliphatic rings. The van der Waals surface area contributed by atoms with Crippen LogP contribution in [0.3, 0.4) is 0 Å². The molecule has 0 amide bonds. The molecule has 1 heterocycles. The molecule has 1 aliphatic heterocycles. The van der Waals surface area contributed by atoms with Crippen molar-refractivity contribution in [2.45, 2.75) is 65.0 Å². The molecular weight excluding hydrogens is 280 g/mol. The molecule has 0 saturated carbocycles. The summed E-state index contributed by atoms with van der Waals surface area (Å²) in [5.74, 6) is -0.409. The zero-order valence-electron chi connectivity index (χ0n) is 14.2. The third-order valence-electron chi connectivity index (χ3n) is 4.23. The summed E-state index contributed by atoms with van der Waals surface area (Å²) in [6.45, 7) is 11.1. The van der Waals surface area contributed by atoms with Gasteiger partial charge in [-0.1, -0.05) is 44.2 Å². The van der Waals surface area contributed by atoms with Crippen molar-refractivity contribution >= 4 is 5.97 Å². The molecule has 1 saturated heterocycles. The standard InChI is InChI=1S/C18H26O4/c1-12(19)14-17(5,6)18(21-14,13-10-8-7-9-11-13)15(20)22-16(2,3)4/h7-12,14,19H,1-6H3/t12?,14-,18-/m0/s1. The van der Waals surface area contributed by atoms with Crippen molar-refractivity contribution in [1.82, 2.24) is 0 Å². The number of rotatable bonds is 3. The second-order valence-corrected chi connectivity index (χ2v) is 7.55. The SMILES string of the molecule is CC(O)[C@@H]1O[C@](C(=O)OC(C)(C)C)(c2ccccc2)C1(C)C. The first-order valence-electron chi connectivity index (χ1n) is 7.67. The highest BCUT2D eigenvalue weighted by Crippen LogP contribution is 2.58. The Morgan fingerprint density at radius 3 is 2.23 bits per heavy atom. The lowest BCUT2D eigenvalue weighted by Gasteiger charge is -2.60. The van der Waals surface area contributed by atoms with Gasteiger partial charge in [0.25, 0.3) is 0 Å². The maximum absolute atomic E-state index is 12.9. The number of aliphatic hydroxyl groups excluding tert-OH is 1. The molecule has 1 aromatic rings. The van der Waals surface area contributed by atoms with Gasteiger partial charge in [-0.25, -0.2) is 4.79 Å². The second-order valence-electron chi connectivity index (χ2n) is 7.55. The van der Waals surface area contributed by atoms with Crippen molar-refractivity contribution in [2.24, 2.45) is 5.41 Å². The molecule has 0 radical (unpaired) electrons. The Bertz CT molecular complexity index is 542. The molecule has 0 bridgehead atoms. The lowest BCUT2D eigenvalue weighted by atomic mass is 9.60. The van der Waals surface area contributed by atoms with Crippen LogP contribution in [-0.4, -0.2) is 28.9 Å². The molecular formula is C18H26O4. The van der Waals surface area contributed by atoms with Crippen LogP contribution in [0.25, 0.3) is 0 Å². The molecule has 4 heteroatoms. The van der Waals surface area contributed by atoms with Gasteiger partial charge in [0.2, 0.25) is 0 Å². The van der Waals surface area contributed by atoms with E-state index in [1.54, 1.807) is 6.92 Å². The average Bonchev–Trinajstić information content (AvgIpc) is 2.36. The van der Waals surface area contributed by atoms with Gasteiger partial charge in [-0.2, -0.15) is 0 Å². The van der Waals surface area contributed by atoms with Crippen molar-refractivity contribution in [3.05, 3.63) is 35.9 Å². The molecule has 22 heavy (non-hydrogen) atoms. The first kappa shape index (κ1) is 17.0. The number of ether oxygens (including phenoxy) is 2. The normalized spacial score (nSPS) is 28.6. The van der Waals surface area contributed by atoms with Crippen molar-refractivity contribution in [3.8, 4) is 0 Å². The Balaban J connectivity index is 2.47. The first-order chi connectivity index (χ1) is 10.0. The molecule has 1 fully saturated rings. The Hall–Kier alpha value is -1.39. The van der Waals surface area contributed by atoms with Gasteiger partial charge in [0, 0.05) is 5.41 Å². The fourth-order valence-electron chi connectivity index (χ4n) is 3.23.